The van der Waals surface area contributed by atoms with Crippen molar-refractivity contribution < 1.29 is 14.7 Å². The first kappa shape index (κ1) is 13.7. The van der Waals surface area contributed by atoms with Gasteiger partial charge in [0.2, 0.25) is 5.91 Å². The molecule has 0 radical (unpaired) electrons. The summed E-state index contributed by atoms with van der Waals surface area (Å²) in [5, 5.41) is 11.9. The third-order valence-corrected chi connectivity index (χ3v) is 3.06. The molecule has 0 aliphatic heterocycles. The molecule has 2 unspecified atom stereocenters. The maximum Gasteiger partial charge on any atom is 0.330 e. The number of hydrogen-bond acceptors (Lipinski definition) is 2. The second-order valence-electron chi connectivity index (χ2n) is 4.60. The van der Waals surface area contributed by atoms with Crippen molar-refractivity contribution in [3.8, 4) is 0 Å². The highest BCUT2D eigenvalue weighted by Crippen LogP contribution is 2.45. The van der Waals surface area contributed by atoms with Gasteiger partial charge in [-0.15, -0.1) is 0 Å². The summed E-state index contributed by atoms with van der Waals surface area (Å²) in [4.78, 5) is 22.7. The standard InChI is InChI=1S/C13H21NO3/c1-3-5-6-8-10-9-13(10,12(16)17)14-11(15)7-4-2/h6,8,10H,3-5,7,9H2,1-2H3,(H,14,15)(H,16,17). The molecule has 2 atom stereocenters. The third-order valence-electron chi connectivity index (χ3n) is 3.06. The number of hydrogen-bond donors (Lipinski definition) is 2. The minimum absolute atomic E-state index is 0.0487. The lowest BCUT2D eigenvalue weighted by molar-refractivity contribution is -0.143. The molecule has 0 bridgehead atoms. The molecule has 0 aromatic rings. The van der Waals surface area contributed by atoms with Crippen LogP contribution in [0.3, 0.4) is 0 Å². The normalized spacial score (nSPS) is 27.1. The Labute approximate surface area is 102 Å². The van der Waals surface area contributed by atoms with E-state index < -0.39 is 11.5 Å². The van der Waals surface area contributed by atoms with Crippen LogP contribution in [0.1, 0.15) is 46.0 Å². The van der Waals surface area contributed by atoms with E-state index in [0.717, 1.165) is 19.3 Å². The average Bonchev–Trinajstić information content (AvgIpc) is 2.94. The summed E-state index contributed by atoms with van der Waals surface area (Å²) < 4.78 is 0. The molecule has 1 saturated carbocycles. The van der Waals surface area contributed by atoms with Crippen molar-refractivity contribution in [2.24, 2.45) is 5.92 Å². The number of carboxylic acids is 1. The van der Waals surface area contributed by atoms with Gasteiger partial charge in [-0.2, -0.15) is 0 Å². The number of nitrogens with one attached hydrogen (secondary N) is 1. The van der Waals surface area contributed by atoms with Crippen molar-refractivity contribution in [3.63, 3.8) is 0 Å². The van der Waals surface area contributed by atoms with E-state index in [4.69, 9.17) is 0 Å². The molecule has 1 rings (SSSR count). The Morgan fingerprint density at radius 3 is 2.65 bits per heavy atom. The smallest absolute Gasteiger partial charge is 0.330 e. The van der Waals surface area contributed by atoms with E-state index in [2.05, 4.69) is 12.2 Å². The van der Waals surface area contributed by atoms with Crippen LogP contribution in [0.15, 0.2) is 12.2 Å². The van der Waals surface area contributed by atoms with Gasteiger partial charge in [-0.05, 0) is 19.3 Å². The van der Waals surface area contributed by atoms with Crippen molar-refractivity contribution in [2.45, 2.75) is 51.5 Å². The van der Waals surface area contributed by atoms with Crippen molar-refractivity contribution in [1.29, 1.82) is 0 Å². The summed E-state index contributed by atoms with van der Waals surface area (Å²) >= 11 is 0. The quantitative estimate of drug-likeness (QED) is 0.669. The van der Waals surface area contributed by atoms with Gasteiger partial charge in [-0.1, -0.05) is 32.4 Å². The van der Waals surface area contributed by atoms with Gasteiger partial charge in [0, 0.05) is 12.3 Å². The van der Waals surface area contributed by atoms with Crippen LogP contribution in [0.25, 0.3) is 0 Å². The number of aliphatic carboxylic acids is 1. The van der Waals surface area contributed by atoms with E-state index in [1.165, 1.54) is 0 Å². The summed E-state index contributed by atoms with van der Waals surface area (Å²) in [6.07, 6.45) is 7.56. The van der Waals surface area contributed by atoms with E-state index in [1.807, 2.05) is 19.1 Å². The molecule has 2 N–H and O–H groups in total. The van der Waals surface area contributed by atoms with E-state index in [0.29, 0.717) is 12.8 Å². The second kappa shape index (κ2) is 5.84. The van der Waals surface area contributed by atoms with E-state index in [1.54, 1.807) is 0 Å². The molecule has 1 amide bonds. The van der Waals surface area contributed by atoms with Crippen LogP contribution in [-0.2, 0) is 9.59 Å². The van der Waals surface area contributed by atoms with E-state index in [-0.39, 0.29) is 11.8 Å². The molecule has 1 aliphatic rings. The zero-order chi connectivity index (χ0) is 12.9. The first-order valence-electron chi connectivity index (χ1n) is 6.28. The van der Waals surface area contributed by atoms with Crippen LogP contribution in [0.4, 0.5) is 0 Å². The van der Waals surface area contributed by atoms with Gasteiger partial charge in [-0.25, -0.2) is 4.79 Å². The fourth-order valence-corrected chi connectivity index (χ4v) is 1.93. The average molecular weight is 239 g/mol. The molecular weight excluding hydrogens is 218 g/mol. The number of rotatable bonds is 7. The van der Waals surface area contributed by atoms with Gasteiger partial charge in [-0.3, -0.25) is 4.79 Å². The maximum atomic E-state index is 11.5. The zero-order valence-electron chi connectivity index (χ0n) is 10.5. The molecule has 17 heavy (non-hydrogen) atoms. The van der Waals surface area contributed by atoms with Crippen LogP contribution in [0, 0.1) is 5.92 Å². The molecule has 96 valence electrons. The monoisotopic (exact) mass is 239 g/mol. The van der Waals surface area contributed by atoms with Crippen LogP contribution in [0.2, 0.25) is 0 Å². The largest absolute Gasteiger partial charge is 0.479 e. The van der Waals surface area contributed by atoms with Crippen LogP contribution < -0.4 is 5.32 Å². The highest BCUT2D eigenvalue weighted by atomic mass is 16.4. The number of carbonyl (C=O) groups is 2. The lowest BCUT2D eigenvalue weighted by Crippen LogP contribution is -2.44. The fourth-order valence-electron chi connectivity index (χ4n) is 1.93. The Kier molecular flexibility index (Phi) is 4.73. The Balaban J connectivity index is 2.57. The number of allylic oxidation sites excluding steroid dienone is 1. The highest BCUT2D eigenvalue weighted by molar-refractivity contribution is 5.90. The maximum absolute atomic E-state index is 11.5. The van der Waals surface area contributed by atoms with Crippen LogP contribution in [0.5, 0.6) is 0 Å². The van der Waals surface area contributed by atoms with Gasteiger partial charge in [0.25, 0.3) is 0 Å². The van der Waals surface area contributed by atoms with E-state index in [9.17, 15) is 14.7 Å². The molecular formula is C13H21NO3. The van der Waals surface area contributed by atoms with E-state index >= 15 is 0 Å². The van der Waals surface area contributed by atoms with Crippen LogP contribution >= 0.6 is 0 Å². The molecule has 0 heterocycles. The van der Waals surface area contributed by atoms with Crippen molar-refractivity contribution in [2.75, 3.05) is 0 Å². The van der Waals surface area contributed by atoms with Gasteiger partial charge in [0.15, 0.2) is 0 Å². The molecule has 0 saturated heterocycles. The Bertz CT molecular complexity index is 325. The minimum atomic E-state index is -1.03. The van der Waals surface area contributed by atoms with Gasteiger partial charge in [0.05, 0.1) is 0 Å². The molecule has 0 aromatic heterocycles. The number of carbonyl (C=O) groups excluding carboxylic acids is 1. The molecule has 4 nitrogen and oxygen atoms in total. The predicted octanol–water partition coefficient (Wildman–Crippen LogP) is 2.10. The van der Waals surface area contributed by atoms with Crippen molar-refractivity contribution in [3.05, 3.63) is 12.2 Å². The summed E-state index contributed by atoms with van der Waals surface area (Å²) in [7, 11) is 0. The third kappa shape index (κ3) is 3.32. The Morgan fingerprint density at radius 2 is 2.12 bits per heavy atom. The number of carboxylic acid groups (broad SMARTS) is 1. The van der Waals surface area contributed by atoms with Gasteiger partial charge >= 0.3 is 5.97 Å². The van der Waals surface area contributed by atoms with Crippen molar-refractivity contribution in [1.82, 2.24) is 5.32 Å². The molecule has 1 aliphatic carbocycles. The highest BCUT2D eigenvalue weighted by Gasteiger charge is 2.60. The minimum Gasteiger partial charge on any atom is -0.479 e. The summed E-state index contributed by atoms with van der Waals surface area (Å²) in [6.45, 7) is 3.98. The summed E-state index contributed by atoms with van der Waals surface area (Å²) in [6, 6.07) is 0. The summed E-state index contributed by atoms with van der Waals surface area (Å²) in [5.74, 6) is -1.14. The van der Waals surface area contributed by atoms with Gasteiger partial charge < -0.3 is 10.4 Å². The first-order chi connectivity index (χ1) is 8.06. The predicted molar refractivity (Wildman–Crippen MR) is 65.6 cm³/mol. The molecule has 4 heteroatoms. The molecule has 0 aromatic carbocycles. The molecule has 1 fully saturated rings. The summed E-state index contributed by atoms with van der Waals surface area (Å²) in [5.41, 5.74) is -1.03. The molecule has 0 spiro atoms. The van der Waals surface area contributed by atoms with Gasteiger partial charge in [0.1, 0.15) is 5.54 Å². The Hall–Kier alpha value is -1.32. The van der Waals surface area contributed by atoms with Crippen molar-refractivity contribution >= 4 is 11.9 Å². The zero-order valence-corrected chi connectivity index (χ0v) is 10.5. The first-order valence-corrected chi connectivity index (χ1v) is 6.28. The topological polar surface area (TPSA) is 66.4 Å². The van der Waals surface area contributed by atoms with Crippen LogP contribution in [-0.4, -0.2) is 22.5 Å². The number of amides is 1. The second-order valence-corrected chi connectivity index (χ2v) is 4.60. The SMILES string of the molecule is CCCC=CC1CC1(NC(=O)CCC)C(=O)O. The lowest BCUT2D eigenvalue weighted by atomic mass is 10.1. The number of unbranched alkanes of at least 4 members (excludes halogenated alkanes) is 1. The Morgan fingerprint density at radius 1 is 1.41 bits per heavy atom. The lowest BCUT2D eigenvalue weighted by Gasteiger charge is -2.13. The fraction of sp³-hybridized carbons (Fsp3) is 0.692.